The van der Waals surface area contributed by atoms with Gasteiger partial charge in [0.2, 0.25) is 0 Å². The van der Waals surface area contributed by atoms with Gasteiger partial charge in [0.05, 0.1) is 0 Å². The molecule has 0 fully saturated rings. The first-order valence-corrected chi connectivity index (χ1v) is 9.18. The van der Waals surface area contributed by atoms with Crippen molar-refractivity contribution in [3.05, 3.63) is 0 Å². The normalized spacial score (nSPS) is 12.2. The zero-order valence-corrected chi connectivity index (χ0v) is 14.6. The molecule has 0 aliphatic rings. The second-order valence-corrected chi connectivity index (χ2v) is 6.56. The van der Waals surface area contributed by atoms with Gasteiger partial charge in [0.25, 0.3) is 0 Å². The minimum atomic E-state index is 0.867. The molecule has 0 radical (unpaired) electrons. The van der Waals surface area contributed by atoms with Crippen LogP contribution in [0.25, 0.3) is 0 Å². The van der Waals surface area contributed by atoms with Crippen LogP contribution in [-0.2, 0) is 0 Å². The molecule has 118 valence electrons. The molecule has 1 atom stereocenters. The molecule has 0 spiro atoms. The Balaban J connectivity index is 3.46. The fraction of sp³-hybridized carbons (Fsp3) is 0.900. The monoisotopic (exact) mass is 278 g/mol. The summed E-state index contributed by atoms with van der Waals surface area (Å²) in [6.07, 6.45) is 15.9. The summed E-state index contributed by atoms with van der Waals surface area (Å²) in [6, 6.07) is 0. The first-order valence-electron chi connectivity index (χ1n) is 9.18. The van der Waals surface area contributed by atoms with Gasteiger partial charge in [-0.1, -0.05) is 79.1 Å². The second kappa shape index (κ2) is 15.0. The van der Waals surface area contributed by atoms with E-state index in [4.69, 9.17) is 0 Å². The average Bonchev–Trinajstić information content (AvgIpc) is 2.43. The molecule has 0 aliphatic heterocycles. The van der Waals surface area contributed by atoms with Crippen LogP contribution in [0, 0.1) is 23.7 Å². The summed E-state index contributed by atoms with van der Waals surface area (Å²) in [6.45, 7) is 9.32. The van der Waals surface area contributed by atoms with Crippen molar-refractivity contribution in [1.82, 2.24) is 0 Å². The van der Waals surface area contributed by atoms with Gasteiger partial charge in [-0.05, 0) is 24.7 Å². The van der Waals surface area contributed by atoms with E-state index in [1.807, 2.05) is 0 Å². The Hall–Kier alpha value is -0.440. The van der Waals surface area contributed by atoms with Gasteiger partial charge in [-0.15, -0.1) is 11.8 Å². The van der Waals surface area contributed by atoms with Gasteiger partial charge in [-0.2, -0.15) is 0 Å². The standard InChI is InChI=1S/C20H38/c1-5-7-9-10-11-12-13-14-15-16-18-20(19(3)4)17-8-6-2/h19-20H,5-9,12-18H2,1-4H3. The molecule has 0 heterocycles. The number of hydrogen-bond acceptors (Lipinski definition) is 0. The van der Waals surface area contributed by atoms with Gasteiger partial charge < -0.3 is 0 Å². The van der Waals surface area contributed by atoms with Gasteiger partial charge in [-0.3, -0.25) is 0 Å². The van der Waals surface area contributed by atoms with E-state index in [2.05, 4.69) is 39.5 Å². The number of unbranched alkanes of at least 4 members (excludes halogenated alkanes) is 7. The van der Waals surface area contributed by atoms with Crippen molar-refractivity contribution in [3.8, 4) is 11.8 Å². The van der Waals surface area contributed by atoms with Crippen molar-refractivity contribution < 1.29 is 0 Å². The molecule has 0 aromatic rings. The fourth-order valence-corrected chi connectivity index (χ4v) is 2.69. The van der Waals surface area contributed by atoms with E-state index in [0.29, 0.717) is 0 Å². The predicted molar refractivity (Wildman–Crippen MR) is 92.9 cm³/mol. The van der Waals surface area contributed by atoms with Crippen molar-refractivity contribution in [2.24, 2.45) is 11.8 Å². The molecule has 0 amide bonds. The van der Waals surface area contributed by atoms with Gasteiger partial charge >= 0.3 is 0 Å². The lowest BCUT2D eigenvalue weighted by Gasteiger charge is -2.20. The molecule has 0 aliphatic carbocycles. The van der Waals surface area contributed by atoms with Crippen LogP contribution >= 0.6 is 0 Å². The van der Waals surface area contributed by atoms with E-state index in [9.17, 15) is 0 Å². The lowest BCUT2D eigenvalue weighted by Crippen LogP contribution is -2.08. The third-order valence-corrected chi connectivity index (χ3v) is 4.28. The Kier molecular flexibility index (Phi) is 14.6. The summed E-state index contributed by atoms with van der Waals surface area (Å²) in [5, 5.41) is 0. The predicted octanol–water partition coefficient (Wildman–Crippen LogP) is 6.98. The van der Waals surface area contributed by atoms with E-state index in [1.165, 1.54) is 64.2 Å². The number of rotatable bonds is 12. The first-order chi connectivity index (χ1) is 9.72. The summed E-state index contributed by atoms with van der Waals surface area (Å²) in [7, 11) is 0. The van der Waals surface area contributed by atoms with Gasteiger partial charge in [0.15, 0.2) is 0 Å². The highest BCUT2D eigenvalue weighted by Crippen LogP contribution is 2.24. The molecular weight excluding hydrogens is 240 g/mol. The van der Waals surface area contributed by atoms with Crippen LogP contribution in [0.1, 0.15) is 105 Å². The molecule has 0 N–H and O–H groups in total. The highest BCUT2D eigenvalue weighted by Gasteiger charge is 2.11. The second-order valence-electron chi connectivity index (χ2n) is 6.56. The van der Waals surface area contributed by atoms with Crippen LogP contribution in [0.15, 0.2) is 0 Å². The Morgan fingerprint density at radius 3 is 1.80 bits per heavy atom. The van der Waals surface area contributed by atoms with Crippen LogP contribution in [0.2, 0.25) is 0 Å². The summed E-state index contributed by atoms with van der Waals surface area (Å²) in [5.41, 5.74) is 0. The maximum absolute atomic E-state index is 3.32. The Morgan fingerprint density at radius 2 is 1.20 bits per heavy atom. The fourth-order valence-electron chi connectivity index (χ4n) is 2.69. The van der Waals surface area contributed by atoms with Gasteiger partial charge in [-0.25, -0.2) is 0 Å². The first kappa shape index (κ1) is 19.6. The molecule has 0 bridgehead atoms. The maximum Gasteiger partial charge on any atom is 0.00886 e. The average molecular weight is 279 g/mol. The summed E-state index contributed by atoms with van der Waals surface area (Å²) >= 11 is 0. The molecule has 0 nitrogen and oxygen atoms in total. The van der Waals surface area contributed by atoms with E-state index in [-0.39, 0.29) is 0 Å². The highest BCUT2D eigenvalue weighted by molar-refractivity contribution is 4.98. The van der Waals surface area contributed by atoms with E-state index in [0.717, 1.165) is 24.7 Å². The molecule has 0 aromatic carbocycles. The summed E-state index contributed by atoms with van der Waals surface area (Å²) < 4.78 is 0. The van der Waals surface area contributed by atoms with Crippen molar-refractivity contribution >= 4 is 0 Å². The third-order valence-electron chi connectivity index (χ3n) is 4.28. The maximum atomic E-state index is 3.32. The van der Waals surface area contributed by atoms with E-state index >= 15 is 0 Å². The van der Waals surface area contributed by atoms with Crippen LogP contribution in [0.3, 0.4) is 0 Å². The molecule has 0 heteroatoms. The van der Waals surface area contributed by atoms with Gasteiger partial charge in [0, 0.05) is 12.8 Å². The van der Waals surface area contributed by atoms with Crippen LogP contribution in [0.4, 0.5) is 0 Å². The van der Waals surface area contributed by atoms with Crippen molar-refractivity contribution in [2.75, 3.05) is 0 Å². The van der Waals surface area contributed by atoms with Crippen molar-refractivity contribution in [2.45, 2.75) is 105 Å². The van der Waals surface area contributed by atoms with Crippen molar-refractivity contribution in [1.29, 1.82) is 0 Å². The zero-order chi connectivity index (χ0) is 15.1. The van der Waals surface area contributed by atoms with Gasteiger partial charge in [0.1, 0.15) is 0 Å². The highest BCUT2D eigenvalue weighted by atomic mass is 14.2. The van der Waals surface area contributed by atoms with Crippen LogP contribution in [-0.4, -0.2) is 0 Å². The molecule has 0 rings (SSSR count). The molecule has 20 heavy (non-hydrogen) atoms. The minimum absolute atomic E-state index is 0.867. The molecule has 0 saturated heterocycles. The largest absolute Gasteiger partial charge is 0.103 e. The SMILES string of the molecule is CCCCC#CCCCCCCC(CCCC)C(C)C. The lowest BCUT2D eigenvalue weighted by molar-refractivity contribution is 0.316. The summed E-state index contributed by atoms with van der Waals surface area (Å²) in [4.78, 5) is 0. The smallest absolute Gasteiger partial charge is 0.00886 e. The zero-order valence-electron chi connectivity index (χ0n) is 14.6. The lowest BCUT2D eigenvalue weighted by atomic mass is 9.86. The van der Waals surface area contributed by atoms with Crippen LogP contribution < -0.4 is 0 Å². The molecule has 0 saturated carbocycles. The van der Waals surface area contributed by atoms with Crippen LogP contribution in [0.5, 0.6) is 0 Å². The molecular formula is C20H38. The quantitative estimate of drug-likeness (QED) is 0.267. The summed E-state index contributed by atoms with van der Waals surface area (Å²) in [5.74, 6) is 8.43. The number of hydrogen-bond donors (Lipinski definition) is 0. The third kappa shape index (κ3) is 12.6. The Labute approximate surface area is 129 Å². The molecule has 0 aromatic heterocycles. The molecule has 1 unspecified atom stereocenters. The minimum Gasteiger partial charge on any atom is -0.103 e. The van der Waals surface area contributed by atoms with Crippen molar-refractivity contribution in [3.63, 3.8) is 0 Å². The van der Waals surface area contributed by atoms with E-state index < -0.39 is 0 Å². The Bertz CT molecular complexity index is 240. The van der Waals surface area contributed by atoms with E-state index in [1.54, 1.807) is 0 Å². The topological polar surface area (TPSA) is 0 Å². The Morgan fingerprint density at radius 1 is 0.650 bits per heavy atom.